The predicted octanol–water partition coefficient (Wildman–Crippen LogP) is 1.97. The third-order valence-corrected chi connectivity index (χ3v) is 7.05. The number of hydrogen-bond acceptors (Lipinski definition) is 6. The monoisotopic (exact) mass is 468 g/mol. The number of aromatic amines is 1. The summed E-state index contributed by atoms with van der Waals surface area (Å²) in [7, 11) is -3.13. The Morgan fingerprint density at radius 2 is 1.88 bits per heavy atom. The molecule has 2 aromatic heterocycles. The second kappa shape index (κ2) is 10.2. The van der Waals surface area contributed by atoms with Crippen molar-refractivity contribution in [3.63, 3.8) is 0 Å². The maximum atomic E-state index is 13.1. The van der Waals surface area contributed by atoms with E-state index in [9.17, 15) is 13.2 Å². The van der Waals surface area contributed by atoms with Gasteiger partial charge in [0.15, 0.2) is 5.65 Å². The van der Waals surface area contributed by atoms with E-state index in [-0.39, 0.29) is 5.91 Å². The van der Waals surface area contributed by atoms with Crippen molar-refractivity contribution in [1.82, 2.24) is 24.4 Å². The van der Waals surface area contributed by atoms with Crippen LogP contribution < -0.4 is 4.90 Å². The van der Waals surface area contributed by atoms with Gasteiger partial charge in [-0.05, 0) is 43.3 Å². The molecule has 0 unspecified atom stereocenters. The Bertz CT molecular complexity index is 1220. The van der Waals surface area contributed by atoms with Gasteiger partial charge in [-0.25, -0.2) is 13.4 Å². The van der Waals surface area contributed by atoms with Gasteiger partial charge in [0.05, 0.1) is 11.9 Å². The van der Waals surface area contributed by atoms with Gasteiger partial charge in [-0.3, -0.25) is 9.89 Å². The Labute approximate surface area is 193 Å². The number of sulfonamides is 1. The van der Waals surface area contributed by atoms with Crippen molar-refractivity contribution in [2.75, 3.05) is 50.4 Å². The van der Waals surface area contributed by atoms with Crippen LogP contribution in [0.25, 0.3) is 17.1 Å². The number of benzene rings is 1. The lowest BCUT2D eigenvalue weighted by molar-refractivity contribution is -0.114. The number of piperazine rings is 1. The molecule has 3 aromatic rings. The van der Waals surface area contributed by atoms with Crippen LogP contribution in [0.15, 0.2) is 54.7 Å². The first-order valence-electron chi connectivity index (χ1n) is 10.9. The highest BCUT2D eigenvalue weighted by atomic mass is 32.2. The van der Waals surface area contributed by atoms with Crippen molar-refractivity contribution < 1.29 is 13.2 Å². The fourth-order valence-corrected chi connectivity index (χ4v) is 4.78. The van der Waals surface area contributed by atoms with Gasteiger partial charge in [0, 0.05) is 56.1 Å². The Balaban J connectivity index is 1.39. The molecule has 1 fully saturated rings. The molecule has 9 nitrogen and oxygen atoms in total. The molecule has 0 bridgehead atoms. The lowest BCUT2D eigenvalue weighted by Crippen LogP contribution is -2.48. The molecule has 10 heteroatoms. The molecule has 1 aromatic carbocycles. The van der Waals surface area contributed by atoms with Gasteiger partial charge in [-0.15, -0.1) is 0 Å². The fourth-order valence-electron chi connectivity index (χ4n) is 3.95. The minimum absolute atomic E-state index is 0.116. The zero-order valence-corrected chi connectivity index (χ0v) is 19.4. The van der Waals surface area contributed by atoms with E-state index < -0.39 is 10.0 Å². The SMILES string of the molecule is CS(=O)(=O)N1CCN(CCCN(C(=O)/C=C/c2[nH]nc3ncccc23)c2ccccc2)CC1. The van der Waals surface area contributed by atoms with Crippen molar-refractivity contribution in [2.45, 2.75) is 6.42 Å². The van der Waals surface area contributed by atoms with Crippen molar-refractivity contribution in [3.05, 3.63) is 60.4 Å². The van der Waals surface area contributed by atoms with E-state index in [1.165, 1.54) is 10.6 Å². The van der Waals surface area contributed by atoms with Gasteiger partial charge in [-0.2, -0.15) is 9.40 Å². The molecule has 4 rings (SSSR count). The van der Waals surface area contributed by atoms with E-state index in [4.69, 9.17) is 0 Å². The molecule has 0 saturated carbocycles. The number of amides is 1. The summed E-state index contributed by atoms with van der Waals surface area (Å²) in [6.45, 7) is 3.78. The third kappa shape index (κ3) is 5.84. The topological polar surface area (TPSA) is 102 Å². The van der Waals surface area contributed by atoms with Crippen molar-refractivity contribution in [1.29, 1.82) is 0 Å². The Morgan fingerprint density at radius 1 is 1.12 bits per heavy atom. The van der Waals surface area contributed by atoms with Crippen LogP contribution in [0, 0.1) is 0 Å². The minimum atomic E-state index is -3.13. The molecule has 1 amide bonds. The number of aromatic nitrogens is 3. The number of rotatable bonds is 8. The van der Waals surface area contributed by atoms with Crippen LogP contribution in [-0.2, 0) is 14.8 Å². The van der Waals surface area contributed by atoms with Crippen LogP contribution in [0.2, 0.25) is 0 Å². The number of fused-ring (bicyclic) bond motifs is 1. The van der Waals surface area contributed by atoms with E-state index in [0.717, 1.165) is 29.7 Å². The number of H-pyrrole nitrogens is 1. The van der Waals surface area contributed by atoms with Gasteiger partial charge < -0.3 is 9.80 Å². The van der Waals surface area contributed by atoms with Crippen molar-refractivity contribution in [3.8, 4) is 0 Å². The summed E-state index contributed by atoms with van der Waals surface area (Å²) < 4.78 is 24.9. The fraction of sp³-hybridized carbons (Fsp3) is 0.348. The summed E-state index contributed by atoms with van der Waals surface area (Å²) in [6.07, 6.45) is 7.00. The molecular formula is C23H28N6O3S. The first-order valence-corrected chi connectivity index (χ1v) is 12.8. The first kappa shape index (κ1) is 23.1. The molecule has 0 aliphatic carbocycles. The zero-order chi connectivity index (χ0) is 23.3. The van der Waals surface area contributed by atoms with Crippen LogP contribution in [-0.4, -0.2) is 84.2 Å². The summed E-state index contributed by atoms with van der Waals surface area (Å²) in [5.74, 6) is -0.116. The maximum Gasteiger partial charge on any atom is 0.251 e. The molecule has 0 atom stereocenters. The smallest absolute Gasteiger partial charge is 0.251 e. The first-order chi connectivity index (χ1) is 15.9. The normalized spacial score (nSPS) is 15.9. The molecule has 0 radical (unpaired) electrons. The second-order valence-corrected chi connectivity index (χ2v) is 10.0. The molecule has 0 spiro atoms. The molecule has 1 aliphatic heterocycles. The Kier molecular flexibility index (Phi) is 7.17. The average molecular weight is 469 g/mol. The van der Waals surface area contributed by atoms with Crippen LogP contribution >= 0.6 is 0 Å². The molecule has 1 saturated heterocycles. The molecule has 174 valence electrons. The highest BCUT2D eigenvalue weighted by Gasteiger charge is 2.23. The summed E-state index contributed by atoms with van der Waals surface area (Å²) in [4.78, 5) is 21.3. The highest BCUT2D eigenvalue weighted by molar-refractivity contribution is 7.88. The van der Waals surface area contributed by atoms with Gasteiger partial charge in [-0.1, -0.05) is 18.2 Å². The molecule has 3 heterocycles. The van der Waals surface area contributed by atoms with Gasteiger partial charge >= 0.3 is 0 Å². The molecular weight excluding hydrogens is 440 g/mol. The molecule has 1 N–H and O–H groups in total. The van der Waals surface area contributed by atoms with Crippen molar-refractivity contribution in [2.24, 2.45) is 0 Å². The van der Waals surface area contributed by atoms with Crippen molar-refractivity contribution >= 4 is 38.7 Å². The van der Waals surface area contributed by atoms with E-state index >= 15 is 0 Å². The third-order valence-electron chi connectivity index (χ3n) is 5.74. The molecule has 33 heavy (non-hydrogen) atoms. The van der Waals surface area contributed by atoms with Gasteiger partial charge in [0.2, 0.25) is 10.0 Å². The minimum Gasteiger partial charge on any atom is -0.309 e. The van der Waals surface area contributed by atoms with E-state index in [0.29, 0.717) is 38.4 Å². The second-order valence-electron chi connectivity index (χ2n) is 8.03. The lowest BCUT2D eigenvalue weighted by Gasteiger charge is -2.33. The maximum absolute atomic E-state index is 13.1. The van der Waals surface area contributed by atoms with E-state index in [2.05, 4.69) is 20.1 Å². The van der Waals surface area contributed by atoms with Crippen LogP contribution in [0.1, 0.15) is 12.1 Å². The number of para-hydroxylation sites is 1. The predicted molar refractivity (Wildman–Crippen MR) is 129 cm³/mol. The Morgan fingerprint density at radius 3 is 2.61 bits per heavy atom. The quantitative estimate of drug-likeness (QED) is 0.507. The largest absolute Gasteiger partial charge is 0.309 e. The zero-order valence-electron chi connectivity index (χ0n) is 18.6. The van der Waals surface area contributed by atoms with E-state index in [1.807, 2.05) is 42.5 Å². The van der Waals surface area contributed by atoms with Crippen LogP contribution in [0.5, 0.6) is 0 Å². The standard InChI is InChI=1S/C23H28N6O3S/c1-33(31,32)28-17-15-27(16-18-28)13-6-14-29(19-7-3-2-4-8-19)22(30)11-10-21-20-9-5-12-24-23(20)26-25-21/h2-5,7-12H,6,13-18H2,1H3,(H,24,25,26)/b11-10+. The average Bonchev–Trinajstić information content (AvgIpc) is 3.24. The lowest BCUT2D eigenvalue weighted by atomic mass is 10.2. The number of hydrogen-bond donors (Lipinski definition) is 1. The number of nitrogens with zero attached hydrogens (tertiary/aromatic N) is 5. The highest BCUT2D eigenvalue weighted by Crippen LogP contribution is 2.17. The van der Waals surface area contributed by atoms with Gasteiger partial charge in [0.25, 0.3) is 5.91 Å². The number of pyridine rings is 1. The summed E-state index contributed by atoms with van der Waals surface area (Å²) >= 11 is 0. The van der Waals surface area contributed by atoms with E-state index in [1.54, 1.807) is 23.2 Å². The number of carbonyl (C=O) groups is 1. The number of nitrogens with one attached hydrogen (secondary N) is 1. The summed E-state index contributed by atoms with van der Waals surface area (Å²) in [5.41, 5.74) is 2.19. The van der Waals surface area contributed by atoms with Crippen LogP contribution in [0.4, 0.5) is 5.69 Å². The summed E-state index contributed by atoms with van der Waals surface area (Å²) in [6, 6.07) is 13.3. The Hall–Kier alpha value is -3.08. The van der Waals surface area contributed by atoms with Crippen LogP contribution in [0.3, 0.4) is 0 Å². The van der Waals surface area contributed by atoms with Gasteiger partial charge in [0.1, 0.15) is 0 Å². The number of carbonyl (C=O) groups excluding carboxylic acids is 1. The number of anilines is 1. The summed E-state index contributed by atoms with van der Waals surface area (Å²) in [5, 5.41) is 7.95. The molecule has 1 aliphatic rings.